The summed E-state index contributed by atoms with van der Waals surface area (Å²) in [5, 5.41) is 3.38. The summed E-state index contributed by atoms with van der Waals surface area (Å²) in [5.74, 6) is -0.955. The zero-order valence-electron chi connectivity index (χ0n) is 11.5. The maximum atomic E-state index is 13.6. The van der Waals surface area contributed by atoms with Gasteiger partial charge in [-0.25, -0.2) is 8.78 Å². The fraction of sp³-hybridized carbons (Fsp3) is 0.600. The van der Waals surface area contributed by atoms with E-state index in [4.69, 9.17) is 0 Å². The van der Waals surface area contributed by atoms with Crippen molar-refractivity contribution in [1.82, 2.24) is 5.32 Å². The second kappa shape index (κ2) is 6.83. The molecule has 0 fully saturated rings. The van der Waals surface area contributed by atoms with Crippen LogP contribution in [0.4, 0.5) is 8.78 Å². The lowest BCUT2D eigenvalue weighted by atomic mass is 9.81. The lowest BCUT2D eigenvalue weighted by Gasteiger charge is -2.29. The topological polar surface area (TPSA) is 12.0 Å². The number of nitrogens with one attached hydrogen (secondary N) is 1. The molecule has 18 heavy (non-hydrogen) atoms. The van der Waals surface area contributed by atoms with Crippen molar-refractivity contribution < 1.29 is 8.78 Å². The highest BCUT2D eigenvalue weighted by Gasteiger charge is 2.23. The van der Waals surface area contributed by atoms with Crippen LogP contribution in [-0.4, -0.2) is 13.1 Å². The molecule has 1 aromatic rings. The second-order valence-electron chi connectivity index (χ2n) is 5.25. The average molecular weight is 255 g/mol. The minimum atomic E-state index is -0.515. The minimum Gasteiger partial charge on any atom is -0.316 e. The smallest absolute Gasteiger partial charge is 0.129 e. The molecule has 1 N–H and O–H groups in total. The Balaban J connectivity index is 2.71. The fourth-order valence-electron chi connectivity index (χ4n) is 2.00. The number of rotatable bonds is 7. The van der Waals surface area contributed by atoms with E-state index in [1.807, 2.05) is 0 Å². The van der Waals surface area contributed by atoms with E-state index in [9.17, 15) is 8.78 Å². The molecule has 1 atom stereocenters. The molecular formula is C15H23F2N. The van der Waals surface area contributed by atoms with Crippen molar-refractivity contribution in [2.24, 2.45) is 5.41 Å². The molecular weight excluding hydrogens is 232 g/mol. The van der Waals surface area contributed by atoms with Gasteiger partial charge >= 0.3 is 0 Å². The molecule has 102 valence electrons. The van der Waals surface area contributed by atoms with Crippen molar-refractivity contribution in [3.8, 4) is 0 Å². The van der Waals surface area contributed by atoms with E-state index in [1.54, 1.807) is 6.07 Å². The summed E-state index contributed by atoms with van der Waals surface area (Å²) >= 11 is 0. The van der Waals surface area contributed by atoms with E-state index in [0.717, 1.165) is 32.0 Å². The van der Waals surface area contributed by atoms with Gasteiger partial charge in [-0.15, -0.1) is 0 Å². The summed E-state index contributed by atoms with van der Waals surface area (Å²) in [6, 6.07) is 3.84. The van der Waals surface area contributed by atoms with E-state index < -0.39 is 11.6 Å². The molecule has 0 saturated carbocycles. The van der Waals surface area contributed by atoms with E-state index in [-0.39, 0.29) is 5.41 Å². The van der Waals surface area contributed by atoms with Gasteiger partial charge in [-0.2, -0.15) is 0 Å². The summed E-state index contributed by atoms with van der Waals surface area (Å²) in [6.07, 6.45) is 2.68. The predicted molar refractivity (Wildman–Crippen MR) is 71.6 cm³/mol. The van der Waals surface area contributed by atoms with Gasteiger partial charge < -0.3 is 5.32 Å². The van der Waals surface area contributed by atoms with Crippen LogP contribution in [0.1, 0.15) is 39.2 Å². The monoisotopic (exact) mass is 255 g/mol. The van der Waals surface area contributed by atoms with Crippen LogP contribution >= 0.6 is 0 Å². The van der Waals surface area contributed by atoms with Crippen LogP contribution in [0, 0.1) is 17.0 Å². The van der Waals surface area contributed by atoms with Gasteiger partial charge in [0.15, 0.2) is 0 Å². The Hall–Kier alpha value is -0.960. The Morgan fingerprint density at radius 2 is 1.94 bits per heavy atom. The first-order valence-electron chi connectivity index (χ1n) is 6.65. The van der Waals surface area contributed by atoms with Crippen molar-refractivity contribution in [3.63, 3.8) is 0 Å². The van der Waals surface area contributed by atoms with Crippen molar-refractivity contribution in [2.45, 2.75) is 40.0 Å². The Labute approximate surface area is 109 Å². The molecule has 0 aromatic heterocycles. The van der Waals surface area contributed by atoms with Crippen LogP contribution in [0.15, 0.2) is 18.2 Å². The molecule has 0 saturated heterocycles. The summed E-state index contributed by atoms with van der Waals surface area (Å²) in [4.78, 5) is 0. The molecule has 0 aliphatic carbocycles. The van der Waals surface area contributed by atoms with Crippen LogP contribution < -0.4 is 5.32 Å². The third-order valence-electron chi connectivity index (χ3n) is 3.46. The first kappa shape index (κ1) is 15.1. The Bertz CT molecular complexity index is 379. The molecule has 1 aromatic carbocycles. The molecule has 1 rings (SSSR count). The van der Waals surface area contributed by atoms with Gasteiger partial charge in [0.05, 0.1) is 0 Å². The van der Waals surface area contributed by atoms with Gasteiger partial charge in [-0.1, -0.05) is 26.8 Å². The molecule has 0 aliphatic rings. The van der Waals surface area contributed by atoms with Crippen LogP contribution in [0.5, 0.6) is 0 Å². The molecule has 1 nitrogen and oxygen atoms in total. The van der Waals surface area contributed by atoms with E-state index >= 15 is 0 Å². The quantitative estimate of drug-likeness (QED) is 0.728. The highest BCUT2D eigenvalue weighted by molar-refractivity contribution is 5.20. The molecule has 0 radical (unpaired) electrons. The number of benzene rings is 1. The van der Waals surface area contributed by atoms with Crippen LogP contribution in [-0.2, 0) is 6.42 Å². The Morgan fingerprint density at radius 3 is 2.50 bits per heavy atom. The first-order valence-corrected chi connectivity index (χ1v) is 6.65. The first-order chi connectivity index (χ1) is 8.50. The maximum Gasteiger partial charge on any atom is 0.129 e. The van der Waals surface area contributed by atoms with Gasteiger partial charge in [0.1, 0.15) is 11.6 Å². The second-order valence-corrected chi connectivity index (χ2v) is 5.25. The number of halogens is 2. The zero-order valence-corrected chi connectivity index (χ0v) is 11.5. The molecule has 3 heteroatoms. The van der Waals surface area contributed by atoms with Gasteiger partial charge in [0.2, 0.25) is 0 Å². The van der Waals surface area contributed by atoms with Gasteiger partial charge in [-0.3, -0.25) is 0 Å². The molecule has 0 amide bonds. The lowest BCUT2D eigenvalue weighted by molar-refractivity contribution is 0.287. The average Bonchev–Trinajstić information content (AvgIpc) is 2.33. The SMILES string of the molecule is CCCNCC(C)(CC)Cc1ccc(F)cc1F. The zero-order chi connectivity index (χ0) is 13.6. The van der Waals surface area contributed by atoms with Gasteiger partial charge in [0, 0.05) is 12.6 Å². The maximum absolute atomic E-state index is 13.6. The molecule has 0 heterocycles. The minimum absolute atomic E-state index is 0.00778. The van der Waals surface area contributed by atoms with E-state index in [2.05, 4.69) is 26.1 Å². The summed E-state index contributed by atoms with van der Waals surface area (Å²) < 4.78 is 26.5. The largest absolute Gasteiger partial charge is 0.316 e. The predicted octanol–water partition coefficient (Wildman–Crippen LogP) is 3.92. The standard InChI is InChI=1S/C15H23F2N/c1-4-8-18-11-15(3,5-2)10-12-6-7-13(16)9-14(12)17/h6-7,9,18H,4-5,8,10-11H2,1-3H3. The van der Waals surface area contributed by atoms with Crippen LogP contribution in [0.3, 0.4) is 0 Å². The Morgan fingerprint density at radius 1 is 1.22 bits per heavy atom. The summed E-state index contributed by atoms with van der Waals surface area (Å²) in [6.45, 7) is 8.19. The van der Waals surface area contributed by atoms with Gasteiger partial charge in [0.25, 0.3) is 0 Å². The van der Waals surface area contributed by atoms with Crippen molar-refractivity contribution in [3.05, 3.63) is 35.4 Å². The summed E-state index contributed by atoms with van der Waals surface area (Å²) in [5.41, 5.74) is 0.604. The van der Waals surface area contributed by atoms with E-state index in [1.165, 1.54) is 6.07 Å². The molecule has 0 bridgehead atoms. The van der Waals surface area contributed by atoms with Crippen molar-refractivity contribution in [2.75, 3.05) is 13.1 Å². The van der Waals surface area contributed by atoms with Gasteiger partial charge in [-0.05, 0) is 42.9 Å². The third-order valence-corrected chi connectivity index (χ3v) is 3.46. The Kier molecular flexibility index (Phi) is 5.73. The van der Waals surface area contributed by atoms with Crippen LogP contribution in [0.25, 0.3) is 0 Å². The van der Waals surface area contributed by atoms with E-state index in [0.29, 0.717) is 12.0 Å². The van der Waals surface area contributed by atoms with Crippen LogP contribution in [0.2, 0.25) is 0 Å². The van der Waals surface area contributed by atoms with Crippen molar-refractivity contribution >= 4 is 0 Å². The third kappa shape index (κ3) is 4.37. The fourth-order valence-corrected chi connectivity index (χ4v) is 2.00. The highest BCUT2D eigenvalue weighted by atomic mass is 19.1. The van der Waals surface area contributed by atoms with Crippen molar-refractivity contribution in [1.29, 1.82) is 0 Å². The number of hydrogen-bond acceptors (Lipinski definition) is 1. The summed E-state index contributed by atoms with van der Waals surface area (Å²) in [7, 11) is 0. The highest BCUT2D eigenvalue weighted by Crippen LogP contribution is 2.27. The molecule has 1 unspecified atom stereocenters. The lowest BCUT2D eigenvalue weighted by Crippen LogP contribution is -2.33. The molecule has 0 aliphatic heterocycles. The normalized spacial score (nSPS) is 14.5. The number of hydrogen-bond donors (Lipinski definition) is 1. The molecule has 0 spiro atoms.